The van der Waals surface area contributed by atoms with Crippen LogP contribution in [0.1, 0.15) is 16.0 Å². The highest BCUT2D eigenvalue weighted by Crippen LogP contribution is 2.23. The molecule has 0 aliphatic carbocycles. The van der Waals surface area contributed by atoms with E-state index in [1.807, 2.05) is 31.3 Å². The molecule has 0 aliphatic rings. The molecule has 0 unspecified atom stereocenters. The molecule has 0 saturated heterocycles. The molecule has 0 saturated carbocycles. The summed E-state index contributed by atoms with van der Waals surface area (Å²) in [7, 11) is -1.67. The van der Waals surface area contributed by atoms with Crippen molar-refractivity contribution in [2.75, 3.05) is 7.05 Å². The molecule has 4 nitrogen and oxygen atoms in total. The van der Waals surface area contributed by atoms with Crippen molar-refractivity contribution in [1.82, 2.24) is 10.0 Å². The van der Waals surface area contributed by atoms with Crippen LogP contribution in [0.15, 0.2) is 39.0 Å². The van der Waals surface area contributed by atoms with E-state index < -0.39 is 10.0 Å². The molecule has 0 fully saturated rings. The van der Waals surface area contributed by atoms with E-state index in [1.54, 1.807) is 13.0 Å². The molecule has 0 aliphatic heterocycles. The van der Waals surface area contributed by atoms with E-state index in [0.29, 0.717) is 18.0 Å². The minimum Gasteiger partial charge on any atom is -0.316 e. The number of nitrogens with one attached hydrogen (secondary N) is 2. The molecule has 0 amide bonds. The molecule has 1 heterocycles. The van der Waals surface area contributed by atoms with Gasteiger partial charge in [0.1, 0.15) is 0 Å². The Morgan fingerprint density at radius 3 is 2.57 bits per heavy atom. The third-order valence-electron chi connectivity index (χ3n) is 2.99. The van der Waals surface area contributed by atoms with E-state index in [4.69, 9.17) is 0 Å². The zero-order valence-electron chi connectivity index (χ0n) is 11.8. The van der Waals surface area contributed by atoms with Gasteiger partial charge in [-0.15, -0.1) is 11.3 Å². The zero-order chi connectivity index (χ0) is 15.5. The topological polar surface area (TPSA) is 58.2 Å². The normalized spacial score (nSPS) is 11.8. The van der Waals surface area contributed by atoms with Crippen LogP contribution in [0.25, 0.3) is 0 Å². The molecule has 7 heteroatoms. The monoisotopic (exact) mass is 388 g/mol. The fraction of sp³-hybridized carbons (Fsp3) is 0.286. The van der Waals surface area contributed by atoms with Gasteiger partial charge in [-0.1, -0.05) is 12.1 Å². The Labute approximate surface area is 137 Å². The molecule has 1 aromatic heterocycles. The highest BCUT2D eigenvalue weighted by Gasteiger charge is 2.17. The molecule has 114 valence electrons. The van der Waals surface area contributed by atoms with Gasteiger partial charge in [-0.25, -0.2) is 13.1 Å². The summed E-state index contributed by atoms with van der Waals surface area (Å²) in [6.07, 6.45) is 0. The predicted molar refractivity (Wildman–Crippen MR) is 90.0 cm³/mol. The van der Waals surface area contributed by atoms with E-state index in [1.165, 1.54) is 11.3 Å². The first kappa shape index (κ1) is 16.6. The quantitative estimate of drug-likeness (QED) is 0.799. The molecule has 0 radical (unpaired) electrons. The summed E-state index contributed by atoms with van der Waals surface area (Å²) in [6, 6.07) is 9.30. The lowest BCUT2D eigenvalue weighted by molar-refractivity contribution is 0.581. The first-order valence-corrected chi connectivity index (χ1v) is 9.49. The van der Waals surface area contributed by atoms with Crippen molar-refractivity contribution < 1.29 is 8.42 Å². The maximum absolute atomic E-state index is 12.5. The second-order valence-electron chi connectivity index (χ2n) is 4.66. The molecule has 2 aromatic rings. The van der Waals surface area contributed by atoms with Crippen molar-refractivity contribution >= 4 is 37.3 Å². The predicted octanol–water partition coefficient (Wildman–Crippen LogP) is 3.02. The number of benzene rings is 1. The lowest BCUT2D eigenvalue weighted by Gasteiger charge is -2.10. The average Bonchev–Trinajstić information content (AvgIpc) is 2.85. The summed E-state index contributed by atoms with van der Waals surface area (Å²) in [5.74, 6) is 0. The van der Waals surface area contributed by atoms with Gasteiger partial charge in [0.2, 0.25) is 10.0 Å². The van der Waals surface area contributed by atoms with Gasteiger partial charge in [0.15, 0.2) is 0 Å². The van der Waals surface area contributed by atoms with Crippen LogP contribution in [0, 0.1) is 6.92 Å². The zero-order valence-corrected chi connectivity index (χ0v) is 15.0. The van der Waals surface area contributed by atoms with Gasteiger partial charge < -0.3 is 5.32 Å². The number of hydrogen-bond donors (Lipinski definition) is 2. The third-order valence-corrected chi connectivity index (χ3v) is 6.16. The summed E-state index contributed by atoms with van der Waals surface area (Å²) in [5.41, 5.74) is 1.69. The van der Waals surface area contributed by atoms with Gasteiger partial charge >= 0.3 is 0 Å². The summed E-state index contributed by atoms with van der Waals surface area (Å²) in [4.78, 5) is 1.31. The van der Waals surface area contributed by atoms with Crippen LogP contribution in [-0.4, -0.2) is 15.5 Å². The van der Waals surface area contributed by atoms with Gasteiger partial charge in [-0.05, 0) is 59.2 Å². The Morgan fingerprint density at radius 1 is 1.19 bits per heavy atom. The highest BCUT2D eigenvalue weighted by atomic mass is 79.9. The van der Waals surface area contributed by atoms with Crippen molar-refractivity contribution in [2.24, 2.45) is 0 Å². The minimum atomic E-state index is -3.51. The van der Waals surface area contributed by atoms with E-state index in [9.17, 15) is 8.42 Å². The highest BCUT2D eigenvalue weighted by molar-refractivity contribution is 9.11. The fourth-order valence-corrected chi connectivity index (χ4v) is 4.75. The van der Waals surface area contributed by atoms with Gasteiger partial charge in [-0.3, -0.25) is 0 Å². The lowest BCUT2D eigenvalue weighted by Crippen LogP contribution is -2.24. The summed E-state index contributed by atoms with van der Waals surface area (Å²) in [5, 5.41) is 3.02. The lowest BCUT2D eigenvalue weighted by atomic mass is 10.1. The van der Waals surface area contributed by atoms with Gasteiger partial charge in [-0.2, -0.15) is 0 Å². The summed E-state index contributed by atoms with van der Waals surface area (Å²) < 4.78 is 28.5. The Hall–Kier alpha value is -0.730. The first-order chi connectivity index (χ1) is 9.92. The van der Waals surface area contributed by atoms with Crippen molar-refractivity contribution in [3.05, 3.63) is 50.1 Å². The molecule has 2 N–H and O–H groups in total. The minimum absolute atomic E-state index is 0.300. The maximum atomic E-state index is 12.5. The summed E-state index contributed by atoms with van der Waals surface area (Å²) in [6.45, 7) is 2.74. The standard InChI is InChI=1S/C14H17BrN2O2S2/c1-10-3-4-11(8-16-2)7-13(10)21(18,19)17-9-12-5-6-14(15)20-12/h3-7,16-17H,8-9H2,1-2H3. The molecule has 0 spiro atoms. The number of halogens is 1. The number of rotatable bonds is 6. The van der Waals surface area contributed by atoms with Gasteiger partial charge in [0, 0.05) is 18.0 Å². The Kier molecular flexibility index (Phi) is 5.56. The molecule has 1 aromatic carbocycles. The molecule has 21 heavy (non-hydrogen) atoms. The Balaban J connectivity index is 2.20. The van der Waals surface area contributed by atoms with Crippen molar-refractivity contribution in [3.63, 3.8) is 0 Å². The average molecular weight is 389 g/mol. The van der Waals surface area contributed by atoms with E-state index >= 15 is 0 Å². The van der Waals surface area contributed by atoms with Crippen LogP contribution in [-0.2, 0) is 23.1 Å². The third kappa shape index (κ3) is 4.37. The van der Waals surface area contributed by atoms with Crippen LogP contribution in [0.3, 0.4) is 0 Å². The molecular weight excluding hydrogens is 372 g/mol. The maximum Gasteiger partial charge on any atom is 0.241 e. The first-order valence-electron chi connectivity index (χ1n) is 6.40. The van der Waals surface area contributed by atoms with Crippen LogP contribution in [0.4, 0.5) is 0 Å². The number of thiophene rings is 1. The Bertz CT molecular complexity index is 726. The molecular formula is C14H17BrN2O2S2. The second-order valence-corrected chi connectivity index (χ2v) is 8.94. The van der Waals surface area contributed by atoms with E-state index in [-0.39, 0.29) is 0 Å². The molecule has 0 atom stereocenters. The summed E-state index contributed by atoms with van der Waals surface area (Å²) >= 11 is 4.89. The van der Waals surface area contributed by atoms with Crippen molar-refractivity contribution in [3.8, 4) is 0 Å². The van der Waals surface area contributed by atoms with Crippen LogP contribution in [0.5, 0.6) is 0 Å². The smallest absolute Gasteiger partial charge is 0.241 e. The molecule has 0 bridgehead atoms. The van der Waals surface area contributed by atoms with Crippen molar-refractivity contribution in [2.45, 2.75) is 24.9 Å². The number of hydrogen-bond acceptors (Lipinski definition) is 4. The SMILES string of the molecule is CNCc1ccc(C)c(S(=O)(=O)NCc2ccc(Br)s2)c1. The van der Waals surface area contributed by atoms with Crippen LogP contribution >= 0.6 is 27.3 Å². The number of sulfonamides is 1. The van der Waals surface area contributed by atoms with Crippen molar-refractivity contribution in [1.29, 1.82) is 0 Å². The number of aryl methyl sites for hydroxylation is 1. The second kappa shape index (κ2) is 7.02. The van der Waals surface area contributed by atoms with Gasteiger partial charge in [0.25, 0.3) is 0 Å². The van der Waals surface area contributed by atoms with Gasteiger partial charge in [0.05, 0.1) is 8.68 Å². The largest absolute Gasteiger partial charge is 0.316 e. The Morgan fingerprint density at radius 2 is 1.95 bits per heavy atom. The van der Waals surface area contributed by atoms with E-state index in [2.05, 4.69) is 26.0 Å². The molecule has 2 rings (SSSR count). The van der Waals surface area contributed by atoms with Crippen LogP contribution in [0.2, 0.25) is 0 Å². The van der Waals surface area contributed by atoms with E-state index in [0.717, 1.165) is 19.8 Å². The van der Waals surface area contributed by atoms with Crippen LogP contribution < -0.4 is 10.0 Å². The fourth-order valence-electron chi connectivity index (χ4n) is 1.94.